The van der Waals surface area contributed by atoms with Gasteiger partial charge in [0.1, 0.15) is 11.6 Å². The van der Waals surface area contributed by atoms with E-state index >= 15 is 0 Å². The van der Waals surface area contributed by atoms with Gasteiger partial charge in [-0.25, -0.2) is 4.39 Å². The van der Waals surface area contributed by atoms with Crippen LogP contribution in [0.2, 0.25) is 0 Å². The summed E-state index contributed by atoms with van der Waals surface area (Å²) in [7, 11) is 0. The molecule has 0 radical (unpaired) electrons. The highest BCUT2D eigenvalue weighted by Gasteiger charge is 2.36. The summed E-state index contributed by atoms with van der Waals surface area (Å²) in [5.74, 6) is -0.0706. The monoisotopic (exact) mass is 223 g/mol. The van der Waals surface area contributed by atoms with E-state index in [0.29, 0.717) is 17.7 Å². The van der Waals surface area contributed by atoms with Crippen molar-refractivity contribution >= 4 is 0 Å². The molecule has 0 amide bonds. The number of phenolic OH excluding ortho intramolecular Hbond substituents is 1. The molecule has 2 nitrogen and oxygen atoms in total. The normalized spacial score (nSPS) is 18.9. The number of phenols is 1. The van der Waals surface area contributed by atoms with E-state index in [1.54, 1.807) is 6.92 Å². The summed E-state index contributed by atoms with van der Waals surface area (Å²) >= 11 is 0. The highest BCUT2D eigenvalue weighted by Crippen LogP contribution is 2.44. The van der Waals surface area contributed by atoms with Crippen molar-refractivity contribution in [2.45, 2.75) is 38.0 Å². The molecule has 2 rings (SSSR count). The lowest BCUT2D eigenvalue weighted by Crippen LogP contribution is -2.32. The Kier molecular flexibility index (Phi) is 2.89. The van der Waals surface area contributed by atoms with E-state index in [2.05, 4.69) is 0 Å². The van der Waals surface area contributed by atoms with Gasteiger partial charge in [-0.05, 0) is 37.5 Å². The minimum Gasteiger partial charge on any atom is -0.508 e. The van der Waals surface area contributed by atoms with Crippen LogP contribution in [-0.2, 0) is 5.41 Å². The first kappa shape index (κ1) is 11.4. The van der Waals surface area contributed by atoms with Gasteiger partial charge in [0.05, 0.1) is 0 Å². The van der Waals surface area contributed by atoms with Gasteiger partial charge in [0.2, 0.25) is 0 Å². The van der Waals surface area contributed by atoms with E-state index in [1.807, 2.05) is 0 Å². The predicted molar refractivity (Wildman–Crippen MR) is 62.0 cm³/mol. The minimum atomic E-state index is -0.257. The second-order valence-corrected chi connectivity index (χ2v) is 4.81. The van der Waals surface area contributed by atoms with E-state index < -0.39 is 0 Å². The number of hydrogen-bond donors (Lipinski definition) is 2. The van der Waals surface area contributed by atoms with Crippen LogP contribution in [-0.4, -0.2) is 11.7 Å². The number of aromatic hydroxyl groups is 1. The molecule has 1 aliphatic carbocycles. The van der Waals surface area contributed by atoms with Crippen LogP contribution >= 0.6 is 0 Å². The highest BCUT2D eigenvalue weighted by molar-refractivity contribution is 5.43. The van der Waals surface area contributed by atoms with Crippen molar-refractivity contribution in [2.24, 2.45) is 5.73 Å². The molecule has 1 aliphatic rings. The molecule has 3 heteroatoms. The molecule has 0 heterocycles. The maximum Gasteiger partial charge on any atom is 0.126 e. The first-order valence-corrected chi connectivity index (χ1v) is 5.79. The molecular formula is C13H18FNO. The molecule has 1 aromatic rings. The van der Waals surface area contributed by atoms with E-state index in [1.165, 1.54) is 12.1 Å². The Bertz CT molecular complexity index is 397. The van der Waals surface area contributed by atoms with Gasteiger partial charge >= 0.3 is 0 Å². The third-order valence-corrected chi connectivity index (χ3v) is 3.80. The summed E-state index contributed by atoms with van der Waals surface area (Å²) in [5, 5.41) is 9.95. The van der Waals surface area contributed by atoms with E-state index in [-0.39, 0.29) is 17.0 Å². The molecule has 0 spiro atoms. The molecule has 1 fully saturated rings. The molecule has 16 heavy (non-hydrogen) atoms. The number of hydrogen-bond acceptors (Lipinski definition) is 2. The lowest BCUT2D eigenvalue weighted by molar-refractivity contribution is 0.401. The first-order chi connectivity index (χ1) is 7.59. The summed E-state index contributed by atoms with van der Waals surface area (Å²) in [4.78, 5) is 0. The second-order valence-electron chi connectivity index (χ2n) is 4.81. The van der Waals surface area contributed by atoms with Crippen molar-refractivity contribution in [3.8, 4) is 5.75 Å². The number of rotatable bonds is 2. The van der Waals surface area contributed by atoms with Crippen LogP contribution in [0.1, 0.15) is 36.8 Å². The molecule has 0 bridgehead atoms. The van der Waals surface area contributed by atoms with Crippen molar-refractivity contribution in [3.63, 3.8) is 0 Å². The molecule has 0 atom stereocenters. The summed E-state index contributed by atoms with van der Waals surface area (Å²) in [5.41, 5.74) is 6.78. The molecule has 0 aromatic heterocycles. The van der Waals surface area contributed by atoms with Gasteiger partial charge in [-0.1, -0.05) is 12.8 Å². The molecule has 0 unspecified atom stereocenters. The Hall–Kier alpha value is -1.09. The predicted octanol–water partition coefficient (Wildman–Crippen LogP) is 2.61. The zero-order valence-corrected chi connectivity index (χ0v) is 9.59. The minimum absolute atomic E-state index is 0.186. The molecule has 3 N–H and O–H groups in total. The quantitative estimate of drug-likeness (QED) is 0.809. The Balaban J connectivity index is 2.50. The second kappa shape index (κ2) is 4.06. The van der Waals surface area contributed by atoms with Gasteiger partial charge in [-0.15, -0.1) is 0 Å². The molecule has 88 valence electrons. The number of nitrogens with two attached hydrogens (primary N) is 1. The van der Waals surface area contributed by atoms with Crippen molar-refractivity contribution in [1.82, 2.24) is 0 Å². The van der Waals surface area contributed by atoms with E-state index in [9.17, 15) is 9.50 Å². The van der Waals surface area contributed by atoms with Crippen LogP contribution in [0, 0.1) is 12.7 Å². The lowest BCUT2D eigenvalue weighted by Gasteiger charge is -2.28. The fraction of sp³-hybridized carbons (Fsp3) is 0.538. The smallest absolute Gasteiger partial charge is 0.126 e. The topological polar surface area (TPSA) is 46.2 Å². The van der Waals surface area contributed by atoms with Crippen LogP contribution in [0.3, 0.4) is 0 Å². The fourth-order valence-corrected chi connectivity index (χ4v) is 2.73. The van der Waals surface area contributed by atoms with Crippen molar-refractivity contribution < 1.29 is 9.50 Å². The summed E-state index contributed by atoms with van der Waals surface area (Å²) in [6, 6.07) is 2.96. The van der Waals surface area contributed by atoms with Crippen LogP contribution in [0.25, 0.3) is 0 Å². The third kappa shape index (κ3) is 1.69. The lowest BCUT2D eigenvalue weighted by atomic mass is 9.78. The summed E-state index contributed by atoms with van der Waals surface area (Å²) in [6.45, 7) is 2.13. The number of halogens is 1. The molecule has 1 saturated carbocycles. The SMILES string of the molecule is Cc1cc(O)c(C2(CN)CCCC2)cc1F. The molecule has 0 aliphatic heterocycles. The van der Waals surface area contributed by atoms with Gasteiger partial charge in [0, 0.05) is 17.5 Å². The van der Waals surface area contributed by atoms with Crippen molar-refractivity contribution in [1.29, 1.82) is 0 Å². The van der Waals surface area contributed by atoms with E-state index in [0.717, 1.165) is 25.7 Å². The molecular weight excluding hydrogens is 205 g/mol. The average molecular weight is 223 g/mol. The maximum atomic E-state index is 13.6. The largest absolute Gasteiger partial charge is 0.508 e. The molecule has 1 aromatic carbocycles. The van der Waals surface area contributed by atoms with Crippen LogP contribution in [0.4, 0.5) is 4.39 Å². The first-order valence-electron chi connectivity index (χ1n) is 5.79. The number of aryl methyl sites for hydroxylation is 1. The Morgan fingerprint density at radius 2 is 2.00 bits per heavy atom. The third-order valence-electron chi connectivity index (χ3n) is 3.80. The Labute approximate surface area is 95.3 Å². The standard InChI is InChI=1S/C13H18FNO/c1-9-6-12(16)10(7-11(9)14)13(8-15)4-2-3-5-13/h6-7,16H,2-5,8,15H2,1H3. The summed E-state index contributed by atoms with van der Waals surface area (Å²) in [6.07, 6.45) is 4.09. The zero-order valence-electron chi connectivity index (χ0n) is 9.59. The van der Waals surface area contributed by atoms with Crippen LogP contribution in [0.5, 0.6) is 5.75 Å². The molecule has 0 saturated heterocycles. The Morgan fingerprint density at radius 3 is 2.56 bits per heavy atom. The van der Waals surface area contributed by atoms with Crippen molar-refractivity contribution in [2.75, 3.05) is 6.54 Å². The average Bonchev–Trinajstić information content (AvgIpc) is 2.73. The van der Waals surface area contributed by atoms with Gasteiger partial charge in [-0.3, -0.25) is 0 Å². The van der Waals surface area contributed by atoms with Gasteiger partial charge in [-0.2, -0.15) is 0 Å². The summed E-state index contributed by atoms with van der Waals surface area (Å²) < 4.78 is 13.6. The number of benzene rings is 1. The highest BCUT2D eigenvalue weighted by atomic mass is 19.1. The van der Waals surface area contributed by atoms with Gasteiger partial charge in [0.25, 0.3) is 0 Å². The zero-order chi connectivity index (χ0) is 11.8. The fourth-order valence-electron chi connectivity index (χ4n) is 2.73. The van der Waals surface area contributed by atoms with Crippen LogP contribution < -0.4 is 5.73 Å². The maximum absolute atomic E-state index is 13.6. The Morgan fingerprint density at radius 1 is 1.38 bits per heavy atom. The van der Waals surface area contributed by atoms with Gasteiger partial charge < -0.3 is 10.8 Å². The van der Waals surface area contributed by atoms with Crippen molar-refractivity contribution in [3.05, 3.63) is 29.1 Å². The van der Waals surface area contributed by atoms with Gasteiger partial charge in [0.15, 0.2) is 0 Å². The van der Waals surface area contributed by atoms with Crippen LogP contribution in [0.15, 0.2) is 12.1 Å². The van der Waals surface area contributed by atoms with E-state index in [4.69, 9.17) is 5.73 Å².